The van der Waals surface area contributed by atoms with Crippen LogP contribution < -0.4 is 0 Å². The third-order valence-corrected chi connectivity index (χ3v) is 8.06. The van der Waals surface area contributed by atoms with E-state index in [-0.39, 0.29) is 22.8 Å². The van der Waals surface area contributed by atoms with Crippen LogP contribution in [-0.2, 0) is 14.8 Å². The minimum Gasteiger partial charge on any atom is -0.335 e. The largest absolute Gasteiger partial charge is 0.335 e. The molecule has 2 saturated heterocycles. The SMILES string of the molecule is N#Cc1ccc(S(=O)(=O)N2CCC(C(=O)N3CCCC3c3ccccc3)CC2)cc1. The fourth-order valence-electron chi connectivity index (χ4n) is 4.48. The summed E-state index contributed by atoms with van der Waals surface area (Å²) in [6.07, 6.45) is 3.04. The summed E-state index contributed by atoms with van der Waals surface area (Å²) in [7, 11) is -3.61. The summed E-state index contributed by atoms with van der Waals surface area (Å²) in [5.74, 6) is 0.0125. The van der Waals surface area contributed by atoms with Gasteiger partial charge in [-0.25, -0.2) is 8.42 Å². The van der Waals surface area contributed by atoms with Gasteiger partial charge >= 0.3 is 0 Å². The lowest BCUT2D eigenvalue weighted by Gasteiger charge is -2.34. The molecule has 0 radical (unpaired) electrons. The first-order chi connectivity index (χ1) is 14.5. The quantitative estimate of drug-likeness (QED) is 0.755. The predicted molar refractivity (Wildman–Crippen MR) is 113 cm³/mol. The molecule has 2 aromatic carbocycles. The van der Waals surface area contributed by atoms with E-state index in [0.29, 0.717) is 31.5 Å². The molecule has 0 aliphatic carbocycles. The molecular formula is C23H25N3O3S. The first-order valence-electron chi connectivity index (χ1n) is 10.4. The van der Waals surface area contributed by atoms with Gasteiger partial charge in [0.1, 0.15) is 0 Å². The predicted octanol–water partition coefficient (Wildman–Crippen LogP) is 3.32. The van der Waals surface area contributed by atoms with E-state index in [1.807, 2.05) is 29.2 Å². The minimum atomic E-state index is -3.61. The summed E-state index contributed by atoms with van der Waals surface area (Å²) >= 11 is 0. The average molecular weight is 424 g/mol. The molecule has 6 nitrogen and oxygen atoms in total. The highest BCUT2D eigenvalue weighted by Crippen LogP contribution is 2.35. The van der Waals surface area contributed by atoms with Gasteiger partial charge in [-0.15, -0.1) is 0 Å². The van der Waals surface area contributed by atoms with Crippen molar-refractivity contribution in [2.45, 2.75) is 36.6 Å². The first-order valence-corrected chi connectivity index (χ1v) is 11.8. The zero-order valence-corrected chi connectivity index (χ0v) is 17.6. The number of sulfonamides is 1. The van der Waals surface area contributed by atoms with E-state index in [4.69, 9.17) is 5.26 Å². The van der Waals surface area contributed by atoms with Crippen LogP contribution in [0.15, 0.2) is 59.5 Å². The van der Waals surface area contributed by atoms with Gasteiger partial charge in [0.2, 0.25) is 15.9 Å². The summed E-state index contributed by atoms with van der Waals surface area (Å²) in [5, 5.41) is 8.90. The standard InChI is InChI=1S/C23H25N3O3S/c24-17-18-8-10-21(11-9-18)30(28,29)25-15-12-20(13-16-25)23(27)26-14-4-7-22(26)19-5-2-1-3-6-19/h1-3,5-6,8-11,20,22H,4,7,12-16H2. The van der Waals surface area contributed by atoms with Gasteiger partial charge in [-0.2, -0.15) is 9.57 Å². The smallest absolute Gasteiger partial charge is 0.243 e. The Kier molecular flexibility index (Phi) is 5.89. The van der Waals surface area contributed by atoms with Crippen LogP contribution in [0.1, 0.15) is 42.9 Å². The van der Waals surface area contributed by atoms with E-state index in [1.54, 1.807) is 0 Å². The summed E-state index contributed by atoms with van der Waals surface area (Å²) in [6, 6.07) is 18.2. The maximum Gasteiger partial charge on any atom is 0.243 e. The topological polar surface area (TPSA) is 81.5 Å². The lowest BCUT2D eigenvalue weighted by atomic mass is 9.95. The fraction of sp³-hybridized carbons (Fsp3) is 0.391. The Hall–Kier alpha value is -2.69. The van der Waals surface area contributed by atoms with Crippen molar-refractivity contribution in [3.8, 4) is 6.07 Å². The number of likely N-dealkylation sites (tertiary alicyclic amines) is 1. The van der Waals surface area contributed by atoms with Gasteiger partial charge in [-0.05, 0) is 55.5 Å². The van der Waals surface area contributed by atoms with Crippen molar-refractivity contribution in [1.82, 2.24) is 9.21 Å². The summed E-state index contributed by atoms with van der Waals surface area (Å²) in [6.45, 7) is 1.44. The van der Waals surface area contributed by atoms with Gasteiger partial charge in [0.25, 0.3) is 0 Å². The van der Waals surface area contributed by atoms with Gasteiger partial charge < -0.3 is 4.90 Å². The highest BCUT2D eigenvalue weighted by atomic mass is 32.2. The van der Waals surface area contributed by atoms with Gasteiger partial charge in [-0.3, -0.25) is 4.79 Å². The van der Waals surface area contributed by atoms with Crippen LogP contribution in [0.4, 0.5) is 0 Å². The summed E-state index contributed by atoms with van der Waals surface area (Å²) < 4.78 is 27.3. The highest BCUT2D eigenvalue weighted by molar-refractivity contribution is 7.89. The van der Waals surface area contributed by atoms with Crippen LogP contribution in [0.2, 0.25) is 0 Å². The second-order valence-corrected chi connectivity index (χ2v) is 9.85. The van der Waals surface area contributed by atoms with Crippen LogP contribution in [0.5, 0.6) is 0 Å². The zero-order valence-electron chi connectivity index (χ0n) is 16.8. The molecule has 2 heterocycles. The summed E-state index contributed by atoms with van der Waals surface area (Å²) in [5.41, 5.74) is 1.60. The number of rotatable bonds is 4. The molecular weight excluding hydrogens is 398 g/mol. The van der Waals surface area contributed by atoms with Crippen molar-refractivity contribution in [3.05, 3.63) is 65.7 Å². The summed E-state index contributed by atoms with van der Waals surface area (Å²) in [4.78, 5) is 15.4. The molecule has 4 rings (SSSR count). The van der Waals surface area contributed by atoms with Crippen LogP contribution in [-0.4, -0.2) is 43.2 Å². The Labute approximate surface area is 177 Å². The fourth-order valence-corrected chi connectivity index (χ4v) is 5.95. The number of nitrogens with zero attached hydrogens (tertiary/aromatic N) is 3. The second-order valence-electron chi connectivity index (χ2n) is 7.91. The minimum absolute atomic E-state index is 0.124. The molecule has 1 atom stereocenters. The van der Waals surface area contributed by atoms with Crippen molar-refractivity contribution >= 4 is 15.9 Å². The molecule has 2 fully saturated rings. The van der Waals surface area contributed by atoms with E-state index in [9.17, 15) is 13.2 Å². The number of carbonyl (C=O) groups excluding carboxylic acids is 1. The van der Waals surface area contributed by atoms with Gasteiger partial charge in [0.05, 0.1) is 22.6 Å². The number of nitriles is 1. The van der Waals surface area contributed by atoms with E-state index in [2.05, 4.69) is 12.1 Å². The average Bonchev–Trinajstić information content (AvgIpc) is 3.29. The number of hydrogen-bond donors (Lipinski definition) is 0. The zero-order chi connectivity index (χ0) is 21.1. The van der Waals surface area contributed by atoms with Crippen LogP contribution >= 0.6 is 0 Å². The Morgan fingerprint density at radius 2 is 1.60 bits per heavy atom. The molecule has 0 bridgehead atoms. The highest BCUT2D eigenvalue weighted by Gasteiger charge is 2.37. The number of hydrogen-bond acceptors (Lipinski definition) is 4. The second kappa shape index (κ2) is 8.58. The third kappa shape index (κ3) is 3.98. The van der Waals surface area contributed by atoms with Gasteiger partial charge in [0.15, 0.2) is 0 Å². The number of amides is 1. The number of carbonyl (C=O) groups is 1. The molecule has 2 aromatic rings. The molecule has 7 heteroatoms. The van der Waals surface area contributed by atoms with E-state index in [1.165, 1.54) is 34.1 Å². The van der Waals surface area contributed by atoms with Crippen LogP contribution in [0.25, 0.3) is 0 Å². The Morgan fingerprint density at radius 3 is 2.23 bits per heavy atom. The van der Waals surface area contributed by atoms with Crippen LogP contribution in [0, 0.1) is 17.2 Å². The molecule has 0 saturated carbocycles. The Balaban J connectivity index is 1.41. The van der Waals surface area contributed by atoms with Crippen molar-refractivity contribution in [2.75, 3.05) is 19.6 Å². The van der Waals surface area contributed by atoms with Crippen molar-refractivity contribution in [2.24, 2.45) is 5.92 Å². The van der Waals surface area contributed by atoms with Crippen LogP contribution in [0.3, 0.4) is 0 Å². The molecule has 30 heavy (non-hydrogen) atoms. The maximum absolute atomic E-state index is 13.2. The monoisotopic (exact) mass is 423 g/mol. The lowest BCUT2D eigenvalue weighted by Crippen LogP contribution is -2.44. The molecule has 1 amide bonds. The van der Waals surface area contributed by atoms with E-state index >= 15 is 0 Å². The van der Waals surface area contributed by atoms with Crippen molar-refractivity contribution in [3.63, 3.8) is 0 Å². The third-order valence-electron chi connectivity index (χ3n) is 6.14. The maximum atomic E-state index is 13.2. The number of benzene rings is 2. The Morgan fingerprint density at radius 1 is 0.933 bits per heavy atom. The molecule has 2 aliphatic heterocycles. The molecule has 0 spiro atoms. The van der Waals surface area contributed by atoms with E-state index in [0.717, 1.165) is 19.4 Å². The van der Waals surface area contributed by atoms with Gasteiger partial charge in [0, 0.05) is 25.6 Å². The lowest BCUT2D eigenvalue weighted by molar-refractivity contribution is -0.137. The van der Waals surface area contributed by atoms with Crippen molar-refractivity contribution in [1.29, 1.82) is 5.26 Å². The molecule has 156 valence electrons. The first kappa shape index (κ1) is 20.6. The van der Waals surface area contributed by atoms with E-state index < -0.39 is 10.0 Å². The Bertz CT molecular complexity index is 1040. The molecule has 0 aromatic heterocycles. The number of piperidine rings is 1. The van der Waals surface area contributed by atoms with Crippen molar-refractivity contribution < 1.29 is 13.2 Å². The molecule has 0 N–H and O–H groups in total. The molecule has 2 aliphatic rings. The normalized spacial score (nSPS) is 20.8. The van der Waals surface area contributed by atoms with Gasteiger partial charge in [-0.1, -0.05) is 30.3 Å². The molecule has 1 unspecified atom stereocenters.